The van der Waals surface area contributed by atoms with Crippen LogP contribution in [0.3, 0.4) is 0 Å². The molecule has 2 aliphatic rings. The predicted octanol–water partition coefficient (Wildman–Crippen LogP) is -0.949. The van der Waals surface area contributed by atoms with Gasteiger partial charge in [-0.05, 0) is 25.7 Å². The van der Waals surface area contributed by atoms with Crippen LogP contribution in [0.15, 0.2) is 21.9 Å². The number of nitrogens with zero attached hydrogens (tertiary/aromatic N) is 2. The summed E-state index contributed by atoms with van der Waals surface area (Å²) in [6, 6.07) is 1.38. The zero-order valence-electron chi connectivity index (χ0n) is 11.0. The Hall–Kier alpha value is -1.89. The fourth-order valence-electron chi connectivity index (χ4n) is 3.35. The molecule has 20 heavy (non-hydrogen) atoms. The quantitative estimate of drug-likeness (QED) is 0.729. The molecule has 0 saturated carbocycles. The third-order valence-corrected chi connectivity index (χ3v) is 4.20. The summed E-state index contributed by atoms with van der Waals surface area (Å²) in [5, 5.41) is 9.72. The van der Waals surface area contributed by atoms with Gasteiger partial charge < -0.3 is 10.0 Å². The van der Waals surface area contributed by atoms with E-state index in [0.29, 0.717) is 12.8 Å². The highest BCUT2D eigenvalue weighted by molar-refractivity contribution is 5.77. The number of hydrogen-bond donors (Lipinski definition) is 2. The van der Waals surface area contributed by atoms with Crippen molar-refractivity contribution in [2.24, 2.45) is 0 Å². The Kier molecular flexibility index (Phi) is 3.21. The largest absolute Gasteiger partial charge is 0.393 e. The molecule has 2 aliphatic heterocycles. The van der Waals surface area contributed by atoms with E-state index < -0.39 is 11.2 Å². The van der Waals surface area contributed by atoms with Crippen LogP contribution in [0.5, 0.6) is 0 Å². The standard InChI is InChI=1S/C13H17N3O4/c17-10-5-8-1-2-9(6-10)16(8)12(19)7-15-4-3-11(18)14-13(15)20/h3-4,8-10,17H,1-2,5-7H2,(H,14,18,20). The lowest BCUT2D eigenvalue weighted by atomic mass is 10.00. The molecule has 0 aromatic carbocycles. The third-order valence-electron chi connectivity index (χ3n) is 4.20. The number of carbonyl (C=O) groups excluding carboxylic acids is 1. The number of aliphatic hydroxyl groups is 1. The van der Waals surface area contributed by atoms with Crippen LogP contribution in [0.4, 0.5) is 0 Å². The molecular weight excluding hydrogens is 262 g/mol. The van der Waals surface area contributed by atoms with E-state index in [1.807, 2.05) is 4.90 Å². The van der Waals surface area contributed by atoms with Gasteiger partial charge in [0.1, 0.15) is 6.54 Å². The summed E-state index contributed by atoms with van der Waals surface area (Å²) in [6.07, 6.45) is 4.06. The topological polar surface area (TPSA) is 95.4 Å². The number of nitrogens with one attached hydrogen (secondary N) is 1. The zero-order valence-corrected chi connectivity index (χ0v) is 11.0. The van der Waals surface area contributed by atoms with Crippen LogP contribution in [-0.4, -0.2) is 43.7 Å². The molecule has 7 nitrogen and oxygen atoms in total. The second-order valence-electron chi connectivity index (χ2n) is 5.55. The number of carbonyl (C=O) groups is 1. The number of rotatable bonds is 2. The Labute approximate surface area is 114 Å². The van der Waals surface area contributed by atoms with E-state index in [0.717, 1.165) is 12.8 Å². The number of fused-ring (bicyclic) bond motifs is 2. The highest BCUT2D eigenvalue weighted by Gasteiger charge is 2.42. The van der Waals surface area contributed by atoms with E-state index in [4.69, 9.17) is 0 Å². The lowest BCUT2D eigenvalue weighted by Crippen LogP contribution is -2.49. The molecule has 0 spiro atoms. The van der Waals surface area contributed by atoms with E-state index in [-0.39, 0.29) is 30.6 Å². The third kappa shape index (κ3) is 2.29. The van der Waals surface area contributed by atoms with E-state index in [9.17, 15) is 19.5 Å². The minimum atomic E-state index is -0.574. The first-order valence-corrected chi connectivity index (χ1v) is 6.83. The van der Waals surface area contributed by atoms with Crippen molar-refractivity contribution in [3.8, 4) is 0 Å². The molecule has 2 fully saturated rings. The van der Waals surface area contributed by atoms with Crippen LogP contribution in [0, 0.1) is 0 Å². The van der Waals surface area contributed by atoms with Crippen molar-refractivity contribution in [1.82, 2.24) is 14.5 Å². The molecular formula is C13H17N3O4. The maximum atomic E-state index is 12.4. The second kappa shape index (κ2) is 4.90. The monoisotopic (exact) mass is 279 g/mol. The van der Waals surface area contributed by atoms with Gasteiger partial charge in [-0.3, -0.25) is 19.1 Å². The van der Waals surface area contributed by atoms with Crippen LogP contribution in [-0.2, 0) is 11.3 Å². The summed E-state index contributed by atoms with van der Waals surface area (Å²) in [4.78, 5) is 38.9. The summed E-state index contributed by atoms with van der Waals surface area (Å²) in [7, 11) is 0. The van der Waals surface area contributed by atoms with Gasteiger partial charge in [-0.15, -0.1) is 0 Å². The predicted molar refractivity (Wildman–Crippen MR) is 70.2 cm³/mol. The van der Waals surface area contributed by atoms with Crippen molar-refractivity contribution in [2.75, 3.05) is 0 Å². The molecule has 2 N–H and O–H groups in total. The van der Waals surface area contributed by atoms with Crippen molar-refractivity contribution in [3.05, 3.63) is 33.1 Å². The minimum Gasteiger partial charge on any atom is -0.393 e. The van der Waals surface area contributed by atoms with E-state index in [1.165, 1.54) is 16.8 Å². The minimum absolute atomic E-state index is 0.0707. The molecule has 2 unspecified atom stereocenters. The first-order valence-electron chi connectivity index (χ1n) is 6.83. The Balaban J connectivity index is 1.77. The van der Waals surface area contributed by atoms with Crippen molar-refractivity contribution in [1.29, 1.82) is 0 Å². The van der Waals surface area contributed by atoms with Gasteiger partial charge in [-0.1, -0.05) is 0 Å². The summed E-state index contributed by atoms with van der Waals surface area (Å²) < 4.78 is 1.20. The van der Waals surface area contributed by atoms with E-state index >= 15 is 0 Å². The van der Waals surface area contributed by atoms with Gasteiger partial charge >= 0.3 is 5.69 Å². The zero-order chi connectivity index (χ0) is 14.3. The number of H-pyrrole nitrogens is 1. The fraction of sp³-hybridized carbons (Fsp3) is 0.615. The Morgan fingerprint density at radius 2 is 1.95 bits per heavy atom. The first-order chi connectivity index (χ1) is 9.54. The number of aromatic amines is 1. The van der Waals surface area contributed by atoms with Gasteiger partial charge in [-0.2, -0.15) is 0 Å². The highest BCUT2D eigenvalue weighted by Crippen LogP contribution is 2.35. The Morgan fingerprint density at radius 1 is 1.30 bits per heavy atom. The molecule has 1 aromatic heterocycles. The van der Waals surface area contributed by atoms with Crippen molar-refractivity contribution in [2.45, 2.75) is 50.4 Å². The molecule has 0 radical (unpaired) electrons. The van der Waals surface area contributed by atoms with Gasteiger partial charge in [0.25, 0.3) is 5.56 Å². The molecule has 108 valence electrons. The molecule has 7 heteroatoms. The van der Waals surface area contributed by atoms with Gasteiger partial charge in [-0.25, -0.2) is 4.79 Å². The highest BCUT2D eigenvalue weighted by atomic mass is 16.3. The summed E-state index contributed by atoms with van der Waals surface area (Å²) in [6.45, 7) is -0.0707. The Morgan fingerprint density at radius 3 is 2.55 bits per heavy atom. The summed E-state index contributed by atoms with van der Waals surface area (Å²) >= 11 is 0. The van der Waals surface area contributed by atoms with Gasteiger partial charge in [0.05, 0.1) is 6.10 Å². The fourth-order valence-corrected chi connectivity index (χ4v) is 3.35. The molecule has 1 amide bonds. The number of amides is 1. The number of hydrogen-bond acceptors (Lipinski definition) is 4. The number of aromatic nitrogens is 2. The molecule has 0 aliphatic carbocycles. The van der Waals surface area contributed by atoms with Crippen LogP contribution in [0.2, 0.25) is 0 Å². The Bertz CT molecular complexity index is 621. The van der Waals surface area contributed by atoms with E-state index in [2.05, 4.69) is 4.98 Å². The lowest BCUT2D eigenvalue weighted by Gasteiger charge is -2.37. The van der Waals surface area contributed by atoms with Crippen LogP contribution < -0.4 is 11.2 Å². The summed E-state index contributed by atoms with van der Waals surface area (Å²) in [5.41, 5.74) is -1.05. The lowest BCUT2D eigenvalue weighted by molar-refractivity contribution is -0.138. The number of aliphatic hydroxyl groups excluding tert-OH is 1. The molecule has 2 atom stereocenters. The van der Waals surface area contributed by atoms with Gasteiger partial charge in [0, 0.05) is 24.3 Å². The second-order valence-corrected chi connectivity index (χ2v) is 5.55. The molecule has 2 saturated heterocycles. The maximum Gasteiger partial charge on any atom is 0.328 e. The maximum absolute atomic E-state index is 12.4. The first kappa shape index (κ1) is 13.1. The summed E-state index contributed by atoms with van der Waals surface area (Å²) in [5.74, 6) is -0.126. The molecule has 2 bridgehead atoms. The van der Waals surface area contributed by atoms with Crippen LogP contribution in [0.1, 0.15) is 25.7 Å². The SMILES string of the molecule is O=C(Cn1ccc(=O)[nH]c1=O)N1C2CCC1CC(O)C2. The van der Waals surface area contributed by atoms with Crippen molar-refractivity contribution >= 4 is 5.91 Å². The van der Waals surface area contributed by atoms with Crippen LogP contribution in [0.25, 0.3) is 0 Å². The molecule has 3 rings (SSSR count). The van der Waals surface area contributed by atoms with Crippen molar-refractivity contribution < 1.29 is 9.90 Å². The van der Waals surface area contributed by atoms with E-state index in [1.54, 1.807) is 0 Å². The average Bonchev–Trinajstić information content (AvgIpc) is 2.65. The van der Waals surface area contributed by atoms with Crippen molar-refractivity contribution in [3.63, 3.8) is 0 Å². The van der Waals surface area contributed by atoms with Gasteiger partial charge in [0.2, 0.25) is 5.91 Å². The number of piperidine rings is 1. The van der Waals surface area contributed by atoms with Gasteiger partial charge in [0.15, 0.2) is 0 Å². The van der Waals surface area contributed by atoms with Crippen LogP contribution >= 0.6 is 0 Å². The average molecular weight is 279 g/mol. The smallest absolute Gasteiger partial charge is 0.328 e. The normalized spacial score (nSPS) is 28.6. The molecule has 3 heterocycles. The molecule has 1 aromatic rings.